The van der Waals surface area contributed by atoms with Gasteiger partial charge in [-0.2, -0.15) is 11.8 Å². The summed E-state index contributed by atoms with van der Waals surface area (Å²) >= 11 is 1.70. The Labute approximate surface area is 108 Å². The molecular weight excluding hydrogens is 236 g/mol. The minimum Gasteiger partial charge on any atom is -0.465 e. The molecule has 0 aromatic rings. The minimum atomic E-state index is -0.578. The number of hydrogen-bond donors (Lipinski definition) is 0. The van der Waals surface area contributed by atoms with Crippen molar-refractivity contribution in [1.29, 1.82) is 0 Å². The number of hydrogen-bond acceptors (Lipinski definition) is 4. The maximum Gasteiger partial charge on any atom is 0.316 e. The Hall–Kier alpha value is -0.510. The van der Waals surface area contributed by atoms with Crippen molar-refractivity contribution in [2.24, 2.45) is 11.8 Å². The van der Waals surface area contributed by atoms with Crippen LogP contribution >= 0.6 is 11.8 Å². The Kier molecular flexibility index (Phi) is 6.03. The van der Waals surface area contributed by atoms with E-state index in [2.05, 4.69) is 0 Å². The predicted molar refractivity (Wildman–Crippen MR) is 70.1 cm³/mol. The Bertz CT molecular complexity index is 270. The molecule has 0 aromatic carbocycles. The zero-order valence-electron chi connectivity index (χ0n) is 10.9. The van der Waals surface area contributed by atoms with Crippen molar-refractivity contribution >= 4 is 23.5 Å². The van der Waals surface area contributed by atoms with Gasteiger partial charge in [0.1, 0.15) is 5.92 Å². The molecule has 3 nitrogen and oxygen atoms in total. The van der Waals surface area contributed by atoms with Crippen molar-refractivity contribution in [2.45, 2.75) is 45.3 Å². The van der Waals surface area contributed by atoms with Crippen molar-refractivity contribution in [2.75, 3.05) is 12.4 Å². The van der Waals surface area contributed by atoms with E-state index in [0.717, 1.165) is 18.6 Å². The van der Waals surface area contributed by atoms with Crippen LogP contribution in [0.3, 0.4) is 0 Å². The molecule has 0 aromatic heterocycles. The van der Waals surface area contributed by atoms with Crippen molar-refractivity contribution in [3.63, 3.8) is 0 Å². The Morgan fingerprint density at radius 3 is 2.53 bits per heavy atom. The summed E-state index contributed by atoms with van der Waals surface area (Å²) in [5, 5.41) is 0.000515. The van der Waals surface area contributed by atoms with Gasteiger partial charge in [0, 0.05) is 0 Å². The van der Waals surface area contributed by atoms with Gasteiger partial charge in [-0.1, -0.05) is 20.3 Å². The fourth-order valence-corrected chi connectivity index (χ4v) is 3.41. The van der Waals surface area contributed by atoms with E-state index in [-0.39, 0.29) is 22.9 Å². The molecule has 1 saturated heterocycles. The molecule has 0 bridgehead atoms. The lowest BCUT2D eigenvalue weighted by Crippen LogP contribution is -2.37. The van der Waals surface area contributed by atoms with E-state index in [9.17, 15) is 9.59 Å². The SMILES string of the molecule is CCOC(=O)C(C(=O)C1CCCCS1)C(C)C. The molecule has 4 heteroatoms. The molecule has 0 N–H and O–H groups in total. The van der Waals surface area contributed by atoms with Gasteiger partial charge in [-0.25, -0.2) is 0 Å². The summed E-state index contributed by atoms with van der Waals surface area (Å²) in [6, 6.07) is 0. The maximum atomic E-state index is 12.3. The first kappa shape index (κ1) is 14.6. The normalized spacial score (nSPS) is 22.2. The highest BCUT2D eigenvalue weighted by atomic mass is 32.2. The maximum absolute atomic E-state index is 12.3. The lowest BCUT2D eigenvalue weighted by Gasteiger charge is -2.25. The van der Waals surface area contributed by atoms with Crippen LogP contribution in [0, 0.1) is 11.8 Å². The van der Waals surface area contributed by atoms with Gasteiger partial charge in [-0.3, -0.25) is 9.59 Å². The second kappa shape index (κ2) is 7.04. The number of esters is 1. The average Bonchev–Trinajstić information content (AvgIpc) is 2.30. The molecule has 1 heterocycles. The van der Waals surface area contributed by atoms with E-state index in [1.54, 1.807) is 18.7 Å². The van der Waals surface area contributed by atoms with E-state index in [1.807, 2.05) is 13.8 Å². The summed E-state index contributed by atoms with van der Waals surface area (Å²) in [5.41, 5.74) is 0. The Balaban J connectivity index is 2.68. The van der Waals surface area contributed by atoms with Crippen LogP contribution in [0.25, 0.3) is 0 Å². The first-order valence-corrected chi connectivity index (χ1v) is 7.44. The van der Waals surface area contributed by atoms with Crippen molar-refractivity contribution in [3.05, 3.63) is 0 Å². The number of carbonyl (C=O) groups excluding carboxylic acids is 2. The van der Waals surface area contributed by atoms with E-state index < -0.39 is 5.92 Å². The summed E-state index contributed by atoms with van der Waals surface area (Å²) in [7, 11) is 0. The third kappa shape index (κ3) is 4.02. The molecule has 0 saturated carbocycles. The molecule has 0 radical (unpaired) electrons. The van der Waals surface area contributed by atoms with Gasteiger partial charge < -0.3 is 4.74 Å². The molecule has 1 fully saturated rings. The smallest absolute Gasteiger partial charge is 0.316 e. The van der Waals surface area contributed by atoms with Gasteiger partial charge in [0.2, 0.25) is 0 Å². The van der Waals surface area contributed by atoms with Crippen LogP contribution in [0.2, 0.25) is 0 Å². The highest BCUT2D eigenvalue weighted by Gasteiger charge is 2.36. The Morgan fingerprint density at radius 1 is 1.35 bits per heavy atom. The molecule has 2 unspecified atom stereocenters. The van der Waals surface area contributed by atoms with Crippen LogP contribution < -0.4 is 0 Å². The molecule has 0 spiro atoms. The zero-order valence-corrected chi connectivity index (χ0v) is 11.7. The molecule has 0 amide bonds. The molecule has 1 aliphatic rings. The van der Waals surface area contributed by atoms with Crippen LogP contribution in [0.4, 0.5) is 0 Å². The summed E-state index contributed by atoms with van der Waals surface area (Å²) in [6.45, 7) is 5.93. The second-order valence-corrected chi connectivity index (χ2v) is 6.04. The average molecular weight is 258 g/mol. The van der Waals surface area contributed by atoms with Gasteiger partial charge in [0.25, 0.3) is 0 Å². The number of Topliss-reactive ketones (excluding diaryl/α,β-unsaturated/α-hetero) is 1. The predicted octanol–water partition coefficient (Wildman–Crippen LogP) is 2.68. The van der Waals surface area contributed by atoms with E-state index in [0.29, 0.717) is 6.61 Å². The van der Waals surface area contributed by atoms with Crippen molar-refractivity contribution < 1.29 is 14.3 Å². The molecule has 1 rings (SSSR count). The number of carbonyl (C=O) groups is 2. The van der Waals surface area contributed by atoms with Crippen molar-refractivity contribution in [3.8, 4) is 0 Å². The van der Waals surface area contributed by atoms with Gasteiger partial charge in [0.05, 0.1) is 11.9 Å². The fourth-order valence-electron chi connectivity index (χ4n) is 2.11. The fraction of sp³-hybridized carbons (Fsp3) is 0.846. The second-order valence-electron chi connectivity index (χ2n) is 4.73. The first-order valence-electron chi connectivity index (χ1n) is 6.39. The molecule has 17 heavy (non-hydrogen) atoms. The Morgan fingerprint density at radius 2 is 2.06 bits per heavy atom. The first-order chi connectivity index (χ1) is 8.07. The summed E-state index contributed by atoms with van der Waals surface area (Å²) in [4.78, 5) is 24.2. The molecule has 1 aliphatic heterocycles. The summed E-state index contributed by atoms with van der Waals surface area (Å²) in [5.74, 6) is 0.195. The largest absolute Gasteiger partial charge is 0.465 e. The van der Waals surface area contributed by atoms with Crippen LogP contribution in [-0.4, -0.2) is 29.4 Å². The van der Waals surface area contributed by atoms with Crippen LogP contribution in [0.15, 0.2) is 0 Å². The molecular formula is C13H22O3S. The van der Waals surface area contributed by atoms with Gasteiger partial charge in [-0.05, 0) is 31.4 Å². The summed E-state index contributed by atoms with van der Waals surface area (Å²) < 4.78 is 5.01. The summed E-state index contributed by atoms with van der Waals surface area (Å²) in [6.07, 6.45) is 3.18. The molecule has 0 aliphatic carbocycles. The number of ether oxygens (including phenoxy) is 1. The van der Waals surface area contributed by atoms with E-state index >= 15 is 0 Å². The van der Waals surface area contributed by atoms with Gasteiger partial charge >= 0.3 is 5.97 Å². The lowest BCUT2D eigenvalue weighted by molar-refractivity contribution is -0.153. The van der Waals surface area contributed by atoms with Crippen LogP contribution in [-0.2, 0) is 14.3 Å². The third-order valence-electron chi connectivity index (χ3n) is 3.01. The molecule has 2 atom stereocenters. The number of ketones is 1. The third-order valence-corrected chi connectivity index (χ3v) is 4.41. The van der Waals surface area contributed by atoms with E-state index in [4.69, 9.17) is 4.74 Å². The highest BCUT2D eigenvalue weighted by molar-refractivity contribution is 8.00. The van der Waals surface area contributed by atoms with E-state index in [1.165, 1.54) is 6.42 Å². The zero-order chi connectivity index (χ0) is 12.8. The van der Waals surface area contributed by atoms with Crippen LogP contribution in [0.5, 0.6) is 0 Å². The minimum absolute atomic E-state index is 0.000515. The lowest BCUT2D eigenvalue weighted by atomic mass is 9.88. The van der Waals surface area contributed by atoms with Crippen molar-refractivity contribution in [1.82, 2.24) is 0 Å². The van der Waals surface area contributed by atoms with Gasteiger partial charge in [-0.15, -0.1) is 0 Å². The number of thioether (sulfide) groups is 1. The van der Waals surface area contributed by atoms with Gasteiger partial charge in [0.15, 0.2) is 5.78 Å². The standard InChI is InChI=1S/C13H22O3S/c1-4-16-13(15)11(9(2)3)12(14)10-7-5-6-8-17-10/h9-11H,4-8H2,1-3H3. The quantitative estimate of drug-likeness (QED) is 0.562. The topological polar surface area (TPSA) is 43.4 Å². The molecule has 98 valence electrons. The van der Waals surface area contributed by atoms with Crippen LogP contribution in [0.1, 0.15) is 40.0 Å². The highest BCUT2D eigenvalue weighted by Crippen LogP contribution is 2.30. The monoisotopic (exact) mass is 258 g/mol. The number of rotatable bonds is 5.